The van der Waals surface area contributed by atoms with Crippen LogP contribution >= 0.6 is 0 Å². The van der Waals surface area contributed by atoms with Crippen LogP contribution in [0.5, 0.6) is 11.5 Å². The number of hydrogen-bond donors (Lipinski definition) is 1. The predicted molar refractivity (Wildman–Crippen MR) is 142 cm³/mol. The molecule has 0 spiro atoms. The molecule has 0 aliphatic rings. The van der Waals surface area contributed by atoms with Crippen molar-refractivity contribution in [2.24, 2.45) is 0 Å². The summed E-state index contributed by atoms with van der Waals surface area (Å²) in [5.41, 5.74) is 0. The Kier molecular flexibility index (Phi) is 18.4. The fourth-order valence-electron chi connectivity index (χ4n) is 3.43. The zero-order valence-corrected chi connectivity index (χ0v) is 20.7. The molecule has 0 radical (unpaired) electrons. The van der Waals surface area contributed by atoms with E-state index in [1.54, 1.807) is 6.07 Å². The van der Waals surface area contributed by atoms with Gasteiger partial charge in [0.1, 0.15) is 21.3 Å². The fourth-order valence-corrected chi connectivity index (χ4v) is 5.11. The van der Waals surface area contributed by atoms with Crippen LogP contribution in [-0.4, -0.2) is 87.1 Å². The monoisotopic (exact) mass is 546 g/mol. The average molecular weight is 547 g/mol. The normalized spacial score (nSPS) is 11.4. The maximum absolute atomic E-state index is 12.7. The molecule has 0 unspecified atom stereocenters. The van der Waals surface area contributed by atoms with Crippen molar-refractivity contribution in [3.63, 3.8) is 0 Å². The molecule has 1 N–H and O–H groups in total. The first-order valence-corrected chi connectivity index (χ1v) is 14.3. The van der Waals surface area contributed by atoms with Gasteiger partial charge in [0.2, 0.25) is 0 Å². The van der Waals surface area contributed by atoms with Crippen LogP contribution in [0.25, 0.3) is 0 Å². The van der Waals surface area contributed by atoms with Crippen LogP contribution in [0.2, 0.25) is 0 Å². The second-order valence-electron chi connectivity index (χ2n) is 7.93. The first kappa shape index (κ1) is 35.1. The Labute approximate surface area is 254 Å². The number of unbranched alkanes of at least 4 members (excludes halogenated alkanes) is 9. The van der Waals surface area contributed by atoms with E-state index in [0.717, 1.165) is 19.3 Å². The summed E-state index contributed by atoms with van der Waals surface area (Å²) in [6.07, 6.45) is 11.3. The molecule has 0 amide bonds. The predicted octanol–water partition coefficient (Wildman–Crippen LogP) is 5.05. The standard InChI is InChI=1S/C24H34O7S2.2Na.2H/c1-2-3-4-5-6-7-8-9-10-15-20-30-33(28,29)24-19-14-12-17-22(24)31-21-16-11-13-18-23(21)32(25,26)27;;;;/h11-14,16-19H,2-10,15,20H2,1H3,(H,25,26,27);;;;. The summed E-state index contributed by atoms with van der Waals surface area (Å²) >= 11 is 0. The van der Waals surface area contributed by atoms with E-state index < -0.39 is 25.1 Å². The van der Waals surface area contributed by atoms with Crippen molar-refractivity contribution < 1.29 is 30.3 Å². The SMILES string of the molecule is CCCCCCCCCCCCOS(=O)(=O)c1ccccc1Oc1ccccc1S(=O)(=O)O.[NaH].[NaH]. The van der Waals surface area contributed by atoms with Gasteiger partial charge in [-0.15, -0.1) is 0 Å². The van der Waals surface area contributed by atoms with Crippen LogP contribution in [-0.2, 0) is 24.4 Å². The van der Waals surface area contributed by atoms with Gasteiger partial charge in [-0.3, -0.25) is 8.74 Å². The Hall–Kier alpha value is 0.0600. The quantitative estimate of drug-likeness (QED) is 0.136. The average Bonchev–Trinajstić information content (AvgIpc) is 2.77. The molecule has 2 rings (SSSR count). The van der Waals surface area contributed by atoms with Gasteiger partial charge in [-0.25, -0.2) is 0 Å². The van der Waals surface area contributed by atoms with Crippen molar-refractivity contribution in [2.75, 3.05) is 6.61 Å². The van der Waals surface area contributed by atoms with E-state index in [2.05, 4.69) is 6.92 Å². The minimum absolute atomic E-state index is 0. The van der Waals surface area contributed by atoms with E-state index in [-0.39, 0.29) is 82.1 Å². The number of rotatable bonds is 16. The first-order chi connectivity index (χ1) is 15.8. The Morgan fingerprint density at radius 2 is 1.09 bits per heavy atom. The molecular formula is C24H36Na2O7S2. The van der Waals surface area contributed by atoms with Crippen molar-refractivity contribution in [2.45, 2.75) is 80.9 Å². The zero-order valence-electron chi connectivity index (χ0n) is 19.1. The third-order valence-corrected chi connectivity index (χ3v) is 7.45. The zero-order chi connectivity index (χ0) is 24.2. The topological polar surface area (TPSA) is 107 Å². The summed E-state index contributed by atoms with van der Waals surface area (Å²) in [5, 5.41) is 0. The molecule has 0 aromatic heterocycles. The van der Waals surface area contributed by atoms with E-state index in [4.69, 9.17) is 8.92 Å². The molecule has 0 aliphatic carbocycles. The van der Waals surface area contributed by atoms with Gasteiger partial charge in [-0.2, -0.15) is 16.8 Å². The van der Waals surface area contributed by atoms with Gasteiger partial charge in [0.05, 0.1) is 6.61 Å². The van der Waals surface area contributed by atoms with Gasteiger partial charge < -0.3 is 4.74 Å². The summed E-state index contributed by atoms with van der Waals surface area (Å²) in [7, 11) is -8.65. The van der Waals surface area contributed by atoms with Crippen LogP contribution in [0, 0.1) is 0 Å². The molecule has 0 saturated carbocycles. The third kappa shape index (κ3) is 12.9. The minimum atomic E-state index is -4.54. The van der Waals surface area contributed by atoms with Crippen molar-refractivity contribution >= 4 is 79.4 Å². The molecule has 0 fully saturated rings. The van der Waals surface area contributed by atoms with Gasteiger partial charge in [0, 0.05) is 0 Å². The van der Waals surface area contributed by atoms with Crippen LogP contribution in [0.4, 0.5) is 0 Å². The van der Waals surface area contributed by atoms with E-state index in [1.807, 2.05) is 0 Å². The first-order valence-electron chi connectivity index (χ1n) is 11.5. The van der Waals surface area contributed by atoms with Gasteiger partial charge in [0.15, 0.2) is 0 Å². The summed E-state index contributed by atoms with van der Waals surface area (Å²) < 4.78 is 68.7. The van der Waals surface area contributed by atoms with E-state index >= 15 is 0 Å². The number of benzene rings is 2. The second-order valence-corrected chi connectivity index (χ2v) is 10.9. The molecule has 0 bridgehead atoms. The molecule has 0 heterocycles. The van der Waals surface area contributed by atoms with Crippen LogP contribution in [0.15, 0.2) is 58.3 Å². The summed E-state index contributed by atoms with van der Waals surface area (Å²) in [5.74, 6) is -0.269. The molecule has 0 atom stereocenters. The van der Waals surface area contributed by atoms with Gasteiger partial charge in [0.25, 0.3) is 10.1 Å². The second kappa shape index (κ2) is 18.3. The number of hydrogen-bond acceptors (Lipinski definition) is 6. The van der Waals surface area contributed by atoms with Crippen molar-refractivity contribution in [3.05, 3.63) is 48.5 Å². The molecule has 7 nitrogen and oxygen atoms in total. The molecule has 0 saturated heterocycles. The van der Waals surface area contributed by atoms with Crippen molar-refractivity contribution in [1.82, 2.24) is 0 Å². The van der Waals surface area contributed by atoms with Crippen LogP contribution in [0.1, 0.15) is 71.1 Å². The third-order valence-electron chi connectivity index (χ3n) is 5.20. The summed E-state index contributed by atoms with van der Waals surface area (Å²) in [4.78, 5) is -0.661. The molecule has 2 aromatic rings. The molecule has 2 aromatic carbocycles. The van der Waals surface area contributed by atoms with E-state index in [1.165, 1.54) is 81.0 Å². The Bertz CT molecular complexity index is 1070. The molecule has 35 heavy (non-hydrogen) atoms. The Morgan fingerprint density at radius 1 is 0.657 bits per heavy atom. The number of para-hydroxylation sites is 2. The molecule has 188 valence electrons. The van der Waals surface area contributed by atoms with Gasteiger partial charge >= 0.3 is 69.2 Å². The molecular weight excluding hydrogens is 510 g/mol. The molecule has 0 aliphatic heterocycles. The van der Waals surface area contributed by atoms with E-state index in [9.17, 15) is 21.4 Å². The Morgan fingerprint density at radius 3 is 1.60 bits per heavy atom. The van der Waals surface area contributed by atoms with Crippen LogP contribution in [0.3, 0.4) is 0 Å². The van der Waals surface area contributed by atoms with Crippen LogP contribution < -0.4 is 4.74 Å². The number of ether oxygens (including phenoxy) is 1. The fraction of sp³-hybridized carbons (Fsp3) is 0.500. The Balaban J connectivity index is 0.00000578. The van der Waals surface area contributed by atoms with Gasteiger partial charge in [-0.1, -0.05) is 89.0 Å². The van der Waals surface area contributed by atoms with Gasteiger partial charge in [-0.05, 0) is 30.7 Å². The summed E-state index contributed by atoms with van der Waals surface area (Å²) in [6, 6.07) is 11.3. The van der Waals surface area contributed by atoms with E-state index in [0.29, 0.717) is 6.42 Å². The maximum atomic E-state index is 12.7. The molecule has 11 heteroatoms. The van der Waals surface area contributed by atoms with Crippen molar-refractivity contribution in [1.29, 1.82) is 0 Å². The summed E-state index contributed by atoms with van der Waals surface area (Å²) in [6.45, 7) is 2.27. The van der Waals surface area contributed by atoms with Crippen molar-refractivity contribution in [3.8, 4) is 11.5 Å².